The van der Waals surface area contributed by atoms with Crippen molar-refractivity contribution in [1.29, 1.82) is 0 Å². The molecule has 2 aromatic heterocycles. The number of fused-ring (bicyclic) bond motifs is 1. The third kappa shape index (κ3) is 2.60. The highest BCUT2D eigenvalue weighted by molar-refractivity contribution is 9.10. The van der Waals surface area contributed by atoms with Gasteiger partial charge in [0.2, 0.25) is 5.95 Å². The van der Waals surface area contributed by atoms with Crippen LogP contribution in [-0.4, -0.2) is 17.0 Å². The highest BCUT2D eigenvalue weighted by Crippen LogP contribution is 2.36. The molecule has 19 heavy (non-hydrogen) atoms. The molecular formula is C13H15BrN4S. The topological polar surface area (TPSA) is 49.8 Å². The Kier molecular flexibility index (Phi) is 3.70. The van der Waals surface area contributed by atoms with E-state index in [1.807, 2.05) is 18.4 Å². The van der Waals surface area contributed by atoms with Crippen molar-refractivity contribution >= 4 is 39.0 Å². The molecule has 0 spiro atoms. The Balaban J connectivity index is 1.87. The third-order valence-corrected chi connectivity index (χ3v) is 4.91. The van der Waals surface area contributed by atoms with Crippen LogP contribution in [0.25, 0.3) is 0 Å². The average Bonchev–Trinajstić information content (AvgIpc) is 2.90. The first-order chi connectivity index (χ1) is 9.28. The van der Waals surface area contributed by atoms with E-state index in [4.69, 9.17) is 0 Å². The maximum atomic E-state index is 4.47. The molecule has 0 aliphatic heterocycles. The number of anilines is 2. The maximum Gasteiger partial charge on any atom is 0.224 e. The van der Waals surface area contributed by atoms with E-state index in [2.05, 4.69) is 48.0 Å². The van der Waals surface area contributed by atoms with Crippen molar-refractivity contribution in [3.8, 4) is 0 Å². The van der Waals surface area contributed by atoms with E-state index in [9.17, 15) is 0 Å². The van der Waals surface area contributed by atoms with Crippen molar-refractivity contribution in [2.45, 2.75) is 25.3 Å². The number of nitrogens with zero attached hydrogens (tertiary/aromatic N) is 2. The lowest BCUT2D eigenvalue weighted by molar-refractivity contribution is 0.606. The molecule has 0 bridgehead atoms. The van der Waals surface area contributed by atoms with Crippen molar-refractivity contribution < 1.29 is 0 Å². The quantitative estimate of drug-likeness (QED) is 0.892. The van der Waals surface area contributed by atoms with Crippen LogP contribution in [0.2, 0.25) is 0 Å². The summed E-state index contributed by atoms with van der Waals surface area (Å²) in [6.07, 6.45) is 5.36. The Morgan fingerprint density at radius 2 is 2.37 bits per heavy atom. The van der Waals surface area contributed by atoms with Gasteiger partial charge >= 0.3 is 0 Å². The van der Waals surface area contributed by atoms with Crippen molar-refractivity contribution in [2.75, 3.05) is 17.7 Å². The zero-order valence-corrected chi connectivity index (χ0v) is 13.0. The maximum absolute atomic E-state index is 4.47. The summed E-state index contributed by atoms with van der Waals surface area (Å²) in [6.45, 7) is 0. The van der Waals surface area contributed by atoms with Crippen LogP contribution in [0.1, 0.15) is 29.3 Å². The number of aryl methyl sites for hydroxylation is 1. The molecule has 0 saturated carbocycles. The highest BCUT2D eigenvalue weighted by Gasteiger charge is 2.22. The fourth-order valence-electron chi connectivity index (χ4n) is 2.39. The Hall–Kier alpha value is -1.14. The molecule has 0 amide bonds. The lowest BCUT2D eigenvalue weighted by Gasteiger charge is -2.24. The molecule has 4 nitrogen and oxygen atoms in total. The number of hydrogen-bond donors (Lipinski definition) is 2. The highest BCUT2D eigenvalue weighted by atomic mass is 79.9. The van der Waals surface area contributed by atoms with Gasteiger partial charge in [0.25, 0.3) is 0 Å². The SMILES string of the molecule is CNc1ncc(Br)c(NC2CCCc3sccc32)n1. The molecular weight excluding hydrogens is 324 g/mol. The van der Waals surface area contributed by atoms with Gasteiger partial charge in [0.1, 0.15) is 5.82 Å². The molecule has 100 valence electrons. The van der Waals surface area contributed by atoms with Gasteiger partial charge in [-0.15, -0.1) is 11.3 Å². The van der Waals surface area contributed by atoms with Gasteiger partial charge in [0.15, 0.2) is 0 Å². The Morgan fingerprint density at radius 3 is 3.21 bits per heavy atom. The van der Waals surface area contributed by atoms with Crippen molar-refractivity contribution in [1.82, 2.24) is 9.97 Å². The van der Waals surface area contributed by atoms with Crippen LogP contribution in [0.15, 0.2) is 22.1 Å². The predicted octanol–water partition coefficient (Wildman–Crippen LogP) is 3.83. The van der Waals surface area contributed by atoms with E-state index < -0.39 is 0 Å². The van der Waals surface area contributed by atoms with Crippen molar-refractivity contribution in [2.24, 2.45) is 0 Å². The van der Waals surface area contributed by atoms with Gasteiger partial charge < -0.3 is 10.6 Å². The lowest BCUT2D eigenvalue weighted by Crippen LogP contribution is -2.17. The van der Waals surface area contributed by atoms with Gasteiger partial charge in [0.05, 0.1) is 10.5 Å². The molecule has 0 aromatic carbocycles. The summed E-state index contributed by atoms with van der Waals surface area (Å²) in [7, 11) is 1.82. The summed E-state index contributed by atoms with van der Waals surface area (Å²) in [4.78, 5) is 10.1. The normalized spacial score (nSPS) is 17.9. The monoisotopic (exact) mass is 338 g/mol. The predicted molar refractivity (Wildman–Crippen MR) is 82.9 cm³/mol. The minimum absolute atomic E-state index is 0.353. The molecule has 0 saturated heterocycles. The molecule has 2 heterocycles. The molecule has 1 aliphatic carbocycles. The standard InChI is InChI=1S/C13H15BrN4S/c1-15-13-16-7-9(14)12(18-13)17-10-3-2-4-11-8(10)5-6-19-11/h5-7,10H,2-4H2,1H3,(H2,15,16,17,18). The zero-order chi connectivity index (χ0) is 13.2. The van der Waals surface area contributed by atoms with E-state index in [1.54, 1.807) is 6.20 Å². The molecule has 2 N–H and O–H groups in total. The number of rotatable bonds is 3. The number of halogens is 1. The van der Waals surface area contributed by atoms with E-state index in [0.29, 0.717) is 12.0 Å². The van der Waals surface area contributed by atoms with E-state index in [1.165, 1.54) is 23.3 Å². The van der Waals surface area contributed by atoms with Crippen LogP contribution in [-0.2, 0) is 6.42 Å². The van der Waals surface area contributed by atoms with Gasteiger partial charge in [-0.1, -0.05) is 0 Å². The van der Waals surface area contributed by atoms with Gasteiger partial charge in [-0.25, -0.2) is 4.98 Å². The summed E-state index contributed by atoms with van der Waals surface area (Å²) < 4.78 is 0.897. The molecule has 0 fully saturated rings. The minimum Gasteiger partial charge on any atom is -0.362 e. The van der Waals surface area contributed by atoms with Gasteiger partial charge in [-0.3, -0.25) is 0 Å². The number of aromatic nitrogens is 2. The molecule has 1 unspecified atom stereocenters. The molecule has 2 aromatic rings. The van der Waals surface area contributed by atoms with Gasteiger partial charge in [-0.2, -0.15) is 4.98 Å². The largest absolute Gasteiger partial charge is 0.362 e. The molecule has 1 atom stereocenters. The zero-order valence-electron chi connectivity index (χ0n) is 10.6. The van der Waals surface area contributed by atoms with Crippen LogP contribution in [0.3, 0.4) is 0 Å². The summed E-state index contributed by atoms with van der Waals surface area (Å²) in [5, 5.41) is 8.68. The van der Waals surface area contributed by atoms with Gasteiger partial charge in [-0.05, 0) is 52.2 Å². The summed E-state index contributed by atoms with van der Waals surface area (Å²) in [5.74, 6) is 1.48. The van der Waals surface area contributed by atoms with E-state index >= 15 is 0 Å². The van der Waals surface area contributed by atoms with E-state index in [-0.39, 0.29) is 0 Å². The second-order valence-electron chi connectivity index (χ2n) is 4.53. The molecule has 3 rings (SSSR count). The first-order valence-electron chi connectivity index (χ1n) is 6.31. The Morgan fingerprint density at radius 1 is 1.47 bits per heavy atom. The minimum atomic E-state index is 0.353. The number of nitrogens with one attached hydrogen (secondary N) is 2. The fraction of sp³-hybridized carbons (Fsp3) is 0.385. The first kappa shape index (κ1) is 12.9. The van der Waals surface area contributed by atoms with Crippen LogP contribution in [0, 0.1) is 0 Å². The second kappa shape index (κ2) is 5.46. The molecule has 1 aliphatic rings. The summed E-state index contributed by atoms with van der Waals surface area (Å²) >= 11 is 5.36. The molecule has 0 radical (unpaired) electrons. The van der Waals surface area contributed by atoms with Crippen LogP contribution in [0.4, 0.5) is 11.8 Å². The van der Waals surface area contributed by atoms with E-state index in [0.717, 1.165) is 16.7 Å². The van der Waals surface area contributed by atoms with Gasteiger partial charge in [0, 0.05) is 18.1 Å². The van der Waals surface area contributed by atoms with Crippen LogP contribution < -0.4 is 10.6 Å². The van der Waals surface area contributed by atoms with Crippen molar-refractivity contribution in [3.05, 3.63) is 32.6 Å². The number of hydrogen-bond acceptors (Lipinski definition) is 5. The third-order valence-electron chi connectivity index (χ3n) is 3.33. The summed E-state index contributed by atoms with van der Waals surface area (Å²) in [5.41, 5.74) is 1.42. The Labute approximate surface area is 124 Å². The number of thiophene rings is 1. The lowest BCUT2D eigenvalue weighted by atomic mass is 9.94. The smallest absolute Gasteiger partial charge is 0.224 e. The summed E-state index contributed by atoms with van der Waals surface area (Å²) in [6, 6.07) is 2.58. The Bertz CT molecular complexity index is 584. The van der Waals surface area contributed by atoms with Crippen molar-refractivity contribution in [3.63, 3.8) is 0 Å². The van der Waals surface area contributed by atoms with Crippen LogP contribution in [0.5, 0.6) is 0 Å². The first-order valence-corrected chi connectivity index (χ1v) is 7.98. The molecule has 6 heteroatoms. The van der Waals surface area contributed by atoms with Crippen LogP contribution >= 0.6 is 27.3 Å². The second-order valence-corrected chi connectivity index (χ2v) is 6.38. The average molecular weight is 339 g/mol. The fourth-order valence-corrected chi connectivity index (χ4v) is 3.68.